The van der Waals surface area contributed by atoms with Gasteiger partial charge in [0.25, 0.3) is 5.56 Å². The summed E-state index contributed by atoms with van der Waals surface area (Å²) in [6.45, 7) is 6.77. The Morgan fingerprint density at radius 1 is 1.18 bits per heavy atom. The van der Waals surface area contributed by atoms with E-state index in [-0.39, 0.29) is 5.56 Å². The van der Waals surface area contributed by atoms with Gasteiger partial charge in [0.15, 0.2) is 11.5 Å². The quantitative estimate of drug-likeness (QED) is 0.580. The molecule has 1 N–H and O–H groups in total. The minimum absolute atomic E-state index is 0.0983. The molecule has 7 nitrogen and oxygen atoms in total. The highest BCUT2D eigenvalue weighted by Gasteiger charge is 2.17. The predicted octanol–water partition coefficient (Wildman–Crippen LogP) is 2.61. The molecule has 0 unspecified atom stereocenters. The van der Waals surface area contributed by atoms with E-state index in [0.29, 0.717) is 28.9 Å². The molecule has 1 fully saturated rings. The van der Waals surface area contributed by atoms with Crippen molar-refractivity contribution in [3.05, 3.63) is 58.8 Å². The fourth-order valence-electron chi connectivity index (χ4n) is 3.79. The lowest BCUT2D eigenvalue weighted by molar-refractivity contribution is 0.484. The van der Waals surface area contributed by atoms with E-state index in [4.69, 9.17) is 9.40 Å². The number of aromatic nitrogens is 3. The van der Waals surface area contributed by atoms with Crippen molar-refractivity contribution in [3.63, 3.8) is 0 Å². The molecule has 1 aromatic carbocycles. The zero-order valence-electron chi connectivity index (χ0n) is 15.8. The maximum Gasteiger partial charge on any atom is 0.258 e. The number of aryl methyl sites for hydroxylation is 1. The van der Waals surface area contributed by atoms with Crippen molar-refractivity contribution in [3.8, 4) is 11.3 Å². The summed E-state index contributed by atoms with van der Waals surface area (Å²) in [4.78, 5) is 24.1. The number of piperazine rings is 1. The van der Waals surface area contributed by atoms with Crippen molar-refractivity contribution in [2.45, 2.75) is 19.9 Å². The van der Waals surface area contributed by atoms with Crippen molar-refractivity contribution in [2.24, 2.45) is 0 Å². The molecule has 5 rings (SSSR count). The molecule has 4 heterocycles. The van der Waals surface area contributed by atoms with Crippen LogP contribution in [-0.2, 0) is 0 Å². The van der Waals surface area contributed by atoms with Crippen molar-refractivity contribution in [2.75, 3.05) is 24.5 Å². The van der Waals surface area contributed by atoms with Gasteiger partial charge < -0.3 is 14.6 Å². The third-order valence-electron chi connectivity index (χ3n) is 5.17. The molecule has 1 aliphatic heterocycles. The first-order chi connectivity index (χ1) is 13.6. The van der Waals surface area contributed by atoms with Crippen LogP contribution >= 0.6 is 0 Å². The van der Waals surface area contributed by atoms with E-state index in [1.807, 2.05) is 43.5 Å². The Bertz CT molecular complexity index is 1240. The minimum atomic E-state index is -0.0983. The average Bonchev–Trinajstić information content (AvgIpc) is 3.07. The molecular weight excluding hydrogens is 354 g/mol. The van der Waals surface area contributed by atoms with Crippen LogP contribution in [0.3, 0.4) is 0 Å². The van der Waals surface area contributed by atoms with Crippen LogP contribution in [-0.4, -0.2) is 40.0 Å². The lowest BCUT2D eigenvalue weighted by atomic mass is 10.1. The highest BCUT2D eigenvalue weighted by atomic mass is 16.3. The summed E-state index contributed by atoms with van der Waals surface area (Å²) in [5.74, 6) is 0.619. The van der Waals surface area contributed by atoms with Crippen molar-refractivity contribution >= 4 is 22.4 Å². The summed E-state index contributed by atoms with van der Waals surface area (Å²) in [7, 11) is 0. The molecule has 4 aromatic rings. The van der Waals surface area contributed by atoms with Crippen LogP contribution in [0.2, 0.25) is 0 Å². The van der Waals surface area contributed by atoms with Crippen molar-refractivity contribution in [1.82, 2.24) is 19.7 Å². The second-order valence-corrected chi connectivity index (χ2v) is 7.31. The van der Waals surface area contributed by atoms with Crippen LogP contribution in [0.25, 0.3) is 28.0 Å². The van der Waals surface area contributed by atoms with E-state index >= 15 is 0 Å². The summed E-state index contributed by atoms with van der Waals surface area (Å²) in [6.07, 6.45) is 1.88. The van der Waals surface area contributed by atoms with Gasteiger partial charge >= 0.3 is 0 Å². The summed E-state index contributed by atoms with van der Waals surface area (Å²) < 4.78 is 7.22. The first-order valence-corrected chi connectivity index (χ1v) is 9.46. The molecule has 3 aromatic heterocycles. The number of hydrogen-bond donors (Lipinski definition) is 1. The van der Waals surface area contributed by atoms with Gasteiger partial charge in [0, 0.05) is 50.4 Å². The number of nitrogens with zero attached hydrogens (tertiary/aromatic N) is 4. The van der Waals surface area contributed by atoms with E-state index in [9.17, 15) is 4.79 Å². The van der Waals surface area contributed by atoms with E-state index < -0.39 is 0 Å². The largest absolute Gasteiger partial charge is 0.441 e. The van der Waals surface area contributed by atoms with Gasteiger partial charge in [-0.05, 0) is 31.2 Å². The number of pyridine rings is 1. The Morgan fingerprint density at radius 3 is 2.93 bits per heavy atom. The summed E-state index contributed by atoms with van der Waals surface area (Å²) >= 11 is 0. The monoisotopic (exact) mass is 375 g/mol. The molecule has 0 bridgehead atoms. The van der Waals surface area contributed by atoms with Crippen LogP contribution in [0.15, 0.2) is 51.8 Å². The van der Waals surface area contributed by atoms with Gasteiger partial charge in [-0.3, -0.25) is 9.20 Å². The highest BCUT2D eigenvalue weighted by Crippen LogP contribution is 2.24. The van der Waals surface area contributed by atoms with Gasteiger partial charge in [0.05, 0.1) is 11.4 Å². The summed E-state index contributed by atoms with van der Waals surface area (Å²) in [5, 5.41) is 3.44. The van der Waals surface area contributed by atoms with E-state index in [1.165, 1.54) is 0 Å². The van der Waals surface area contributed by atoms with Crippen LogP contribution in [0.4, 0.5) is 5.69 Å². The first-order valence-electron chi connectivity index (χ1n) is 9.46. The highest BCUT2D eigenvalue weighted by molar-refractivity contribution is 5.79. The molecule has 1 saturated heterocycles. The van der Waals surface area contributed by atoms with Crippen LogP contribution < -0.4 is 15.8 Å². The zero-order chi connectivity index (χ0) is 19.3. The van der Waals surface area contributed by atoms with Crippen molar-refractivity contribution in [1.29, 1.82) is 0 Å². The SMILES string of the molecule is Cc1nc2ccc(-c3cc(=O)n4cc(N5CCN[C@H](C)C5)ccc4n3)cc2o1. The molecule has 1 atom stereocenters. The van der Waals surface area contributed by atoms with E-state index in [2.05, 4.69) is 22.1 Å². The second-order valence-electron chi connectivity index (χ2n) is 7.31. The van der Waals surface area contributed by atoms with E-state index in [0.717, 1.165) is 36.4 Å². The summed E-state index contributed by atoms with van der Waals surface area (Å²) in [5.41, 5.74) is 4.53. The molecule has 0 radical (unpaired) electrons. The molecule has 142 valence electrons. The number of anilines is 1. The number of rotatable bonds is 2. The van der Waals surface area contributed by atoms with Gasteiger partial charge in [-0.15, -0.1) is 0 Å². The molecule has 0 saturated carbocycles. The van der Waals surface area contributed by atoms with Gasteiger partial charge in [0.1, 0.15) is 11.2 Å². The smallest absolute Gasteiger partial charge is 0.258 e. The Kier molecular flexibility index (Phi) is 3.91. The topological polar surface area (TPSA) is 75.7 Å². The molecule has 7 heteroatoms. The van der Waals surface area contributed by atoms with Crippen LogP contribution in [0.1, 0.15) is 12.8 Å². The normalized spacial score (nSPS) is 17.5. The predicted molar refractivity (Wildman–Crippen MR) is 109 cm³/mol. The van der Waals surface area contributed by atoms with Crippen molar-refractivity contribution < 1.29 is 4.42 Å². The molecule has 0 amide bonds. The van der Waals surface area contributed by atoms with Gasteiger partial charge in [-0.2, -0.15) is 0 Å². The molecule has 0 spiro atoms. The maximum absolute atomic E-state index is 12.8. The maximum atomic E-state index is 12.8. The molecule has 28 heavy (non-hydrogen) atoms. The minimum Gasteiger partial charge on any atom is -0.441 e. The van der Waals surface area contributed by atoms with Gasteiger partial charge in [-0.25, -0.2) is 9.97 Å². The fourth-order valence-corrected chi connectivity index (χ4v) is 3.79. The number of fused-ring (bicyclic) bond motifs is 2. The first kappa shape index (κ1) is 16.9. The van der Waals surface area contributed by atoms with Crippen LogP contribution in [0.5, 0.6) is 0 Å². The fraction of sp³-hybridized carbons (Fsp3) is 0.286. The lowest BCUT2D eigenvalue weighted by Gasteiger charge is -2.33. The Hall–Kier alpha value is -3.19. The molecular formula is C21H21N5O2. The van der Waals surface area contributed by atoms with E-state index in [1.54, 1.807) is 10.5 Å². The average molecular weight is 375 g/mol. The zero-order valence-corrected chi connectivity index (χ0v) is 15.8. The van der Waals surface area contributed by atoms with Gasteiger partial charge in [-0.1, -0.05) is 6.07 Å². The number of oxazole rings is 1. The molecule has 1 aliphatic rings. The number of benzene rings is 1. The lowest BCUT2D eigenvalue weighted by Crippen LogP contribution is -2.49. The van der Waals surface area contributed by atoms with Crippen LogP contribution in [0, 0.1) is 6.92 Å². The summed E-state index contributed by atoms with van der Waals surface area (Å²) in [6, 6.07) is 11.6. The Morgan fingerprint density at radius 2 is 2.07 bits per heavy atom. The Balaban J connectivity index is 1.56. The number of nitrogens with one attached hydrogen (secondary N) is 1. The van der Waals surface area contributed by atoms with Gasteiger partial charge in [0.2, 0.25) is 0 Å². The third kappa shape index (κ3) is 2.93. The Labute approximate surface area is 161 Å². The number of hydrogen-bond acceptors (Lipinski definition) is 6. The molecule has 0 aliphatic carbocycles. The standard InChI is InChI=1S/C21H21N5O2/c1-13-11-25(8-7-22-13)16-4-6-20-24-18(10-21(27)26(20)12-16)15-3-5-17-19(9-15)28-14(2)23-17/h3-6,9-10,12-13,22H,7-8,11H2,1-2H3/t13-/m1/s1. The third-order valence-corrected chi connectivity index (χ3v) is 5.17. The second kappa shape index (κ2) is 6.45.